The number of benzene rings is 1. The minimum absolute atomic E-state index is 0.00840. The molecule has 0 bridgehead atoms. The van der Waals surface area contributed by atoms with Gasteiger partial charge in [0.2, 0.25) is 5.91 Å². The van der Waals surface area contributed by atoms with Gasteiger partial charge in [0, 0.05) is 18.4 Å². The van der Waals surface area contributed by atoms with E-state index in [1.165, 1.54) is 18.1 Å². The number of aromatic nitrogens is 2. The van der Waals surface area contributed by atoms with Crippen LogP contribution >= 0.6 is 0 Å². The Labute approximate surface area is 129 Å². The van der Waals surface area contributed by atoms with Gasteiger partial charge in [0.05, 0.1) is 12.5 Å². The third-order valence-electron chi connectivity index (χ3n) is 4.01. The average molecular weight is 297 g/mol. The number of nitrogens with zero attached hydrogens (tertiary/aromatic N) is 1. The van der Waals surface area contributed by atoms with Gasteiger partial charge in [0.15, 0.2) is 5.78 Å². The van der Waals surface area contributed by atoms with Gasteiger partial charge in [-0.15, -0.1) is 0 Å². The summed E-state index contributed by atoms with van der Waals surface area (Å²) in [7, 11) is 0. The molecule has 22 heavy (non-hydrogen) atoms. The lowest BCUT2D eigenvalue weighted by atomic mass is 10.1. The Morgan fingerprint density at radius 1 is 1.23 bits per heavy atom. The number of hydrogen-bond acceptors (Lipinski definition) is 3. The van der Waals surface area contributed by atoms with E-state index in [2.05, 4.69) is 27.4 Å². The molecule has 0 radical (unpaired) electrons. The number of aromatic amines is 1. The highest BCUT2D eigenvalue weighted by Crippen LogP contribution is 2.40. The summed E-state index contributed by atoms with van der Waals surface area (Å²) in [6.07, 6.45) is 5.48. The van der Waals surface area contributed by atoms with Crippen molar-refractivity contribution >= 4 is 11.7 Å². The Bertz CT molecular complexity index is 637. The van der Waals surface area contributed by atoms with Crippen molar-refractivity contribution in [2.45, 2.75) is 19.3 Å². The standard InChI is InChI=1S/C17H19N3O2/c21-16(15-10-18-11-20-15)13-9-14(13)17(22)19-8-4-7-12-5-2-1-3-6-12/h1-3,5-6,10-11,13-14H,4,7-9H2,(H,18,20)(H,19,22)/t13-,14+/m1/s1. The molecule has 0 aliphatic heterocycles. The molecule has 2 N–H and O–H groups in total. The van der Waals surface area contributed by atoms with Crippen LogP contribution in [-0.2, 0) is 11.2 Å². The highest BCUT2D eigenvalue weighted by atomic mass is 16.2. The average Bonchev–Trinajstić information content (AvgIpc) is 3.16. The molecule has 0 saturated heterocycles. The summed E-state index contributed by atoms with van der Waals surface area (Å²) in [5, 5.41) is 2.93. The Balaban J connectivity index is 1.38. The number of carbonyl (C=O) groups excluding carboxylic acids is 2. The molecule has 114 valence electrons. The van der Waals surface area contributed by atoms with E-state index in [0.29, 0.717) is 18.7 Å². The van der Waals surface area contributed by atoms with Crippen LogP contribution in [0.5, 0.6) is 0 Å². The van der Waals surface area contributed by atoms with Crippen molar-refractivity contribution in [3.8, 4) is 0 Å². The van der Waals surface area contributed by atoms with E-state index < -0.39 is 0 Å². The van der Waals surface area contributed by atoms with E-state index in [4.69, 9.17) is 0 Å². The summed E-state index contributed by atoms with van der Waals surface area (Å²) in [6, 6.07) is 10.2. The molecule has 5 heteroatoms. The first-order valence-corrected chi connectivity index (χ1v) is 7.60. The van der Waals surface area contributed by atoms with E-state index in [-0.39, 0.29) is 23.5 Å². The molecule has 5 nitrogen and oxygen atoms in total. The van der Waals surface area contributed by atoms with Gasteiger partial charge in [-0.3, -0.25) is 9.59 Å². The third-order valence-corrected chi connectivity index (χ3v) is 4.01. The smallest absolute Gasteiger partial charge is 0.223 e. The maximum absolute atomic E-state index is 12.0. The molecule has 3 rings (SSSR count). The number of carbonyl (C=O) groups is 2. The van der Waals surface area contributed by atoms with Gasteiger partial charge in [-0.1, -0.05) is 30.3 Å². The van der Waals surface area contributed by atoms with Crippen LogP contribution in [0.15, 0.2) is 42.9 Å². The van der Waals surface area contributed by atoms with Gasteiger partial charge in [-0.2, -0.15) is 0 Å². The minimum Gasteiger partial charge on any atom is -0.356 e. The van der Waals surface area contributed by atoms with Crippen molar-refractivity contribution in [3.05, 3.63) is 54.1 Å². The maximum atomic E-state index is 12.0. The third kappa shape index (κ3) is 3.42. The first kappa shape index (κ1) is 14.5. The fourth-order valence-corrected chi connectivity index (χ4v) is 2.64. The Hall–Kier alpha value is -2.43. The van der Waals surface area contributed by atoms with Gasteiger partial charge in [0.1, 0.15) is 5.69 Å². The Morgan fingerprint density at radius 2 is 2.05 bits per heavy atom. The van der Waals surface area contributed by atoms with Gasteiger partial charge in [-0.05, 0) is 24.8 Å². The topological polar surface area (TPSA) is 74.8 Å². The molecule has 1 aromatic heterocycles. The number of Topliss-reactive ketones (excluding diaryl/α,β-unsaturated/α-hetero) is 1. The van der Waals surface area contributed by atoms with Crippen LogP contribution < -0.4 is 5.32 Å². The molecule has 1 amide bonds. The van der Waals surface area contributed by atoms with E-state index in [1.807, 2.05) is 18.2 Å². The first-order valence-electron chi connectivity index (χ1n) is 7.60. The van der Waals surface area contributed by atoms with Gasteiger partial charge in [0.25, 0.3) is 0 Å². The van der Waals surface area contributed by atoms with Crippen LogP contribution in [0.25, 0.3) is 0 Å². The van der Waals surface area contributed by atoms with Gasteiger partial charge < -0.3 is 10.3 Å². The maximum Gasteiger partial charge on any atom is 0.223 e. The molecule has 0 spiro atoms. The van der Waals surface area contributed by atoms with Gasteiger partial charge in [-0.25, -0.2) is 4.98 Å². The van der Waals surface area contributed by atoms with E-state index in [0.717, 1.165) is 12.8 Å². The molecule has 1 fully saturated rings. The van der Waals surface area contributed by atoms with Crippen molar-refractivity contribution in [1.82, 2.24) is 15.3 Å². The second kappa shape index (κ2) is 6.56. The van der Waals surface area contributed by atoms with Crippen LogP contribution in [0.2, 0.25) is 0 Å². The SMILES string of the molecule is O=C(NCCCc1ccccc1)[C@H]1C[C@H]1C(=O)c1cnc[nH]1. The number of ketones is 1. The molecule has 1 aromatic carbocycles. The summed E-state index contributed by atoms with van der Waals surface area (Å²) in [4.78, 5) is 30.7. The molecule has 2 atom stereocenters. The lowest BCUT2D eigenvalue weighted by Crippen LogP contribution is -2.27. The van der Waals surface area contributed by atoms with Crippen LogP contribution in [0.4, 0.5) is 0 Å². The summed E-state index contributed by atoms with van der Waals surface area (Å²) < 4.78 is 0. The lowest BCUT2D eigenvalue weighted by molar-refractivity contribution is -0.122. The van der Waals surface area contributed by atoms with Crippen molar-refractivity contribution in [2.24, 2.45) is 11.8 Å². The van der Waals surface area contributed by atoms with Crippen molar-refractivity contribution in [1.29, 1.82) is 0 Å². The van der Waals surface area contributed by atoms with Crippen LogP contribution in [0.3, 0.4) is 0 Å². The molecule has 1 aliphatic carbocycles. The zero-order valence-corrected chi connectivity index (χ0v) is 12.3. The normalized spacial score (nSPS) is 19.6. The second-order valence-electron chi connectivity index (χ2n) is 5.66. The molecule has 2 aromatic rings. The minimum atomic E-state index is -0.186. The second-order valence-corrected chi connectivity index (χ2v) is 5.66. The molecule has 1 heterocycles. The number of nitrogens with one attached hydrogen (secondary N) is 2. The number of rotatable bonds is 7. The number of amides is 1. The Kier molecular flexibility index (Phi) is 4.32. The molecular formula is C17H19N3O2. The zero-order chi connectivity index (χ0) is 15.4. The number of hydrogen-bond donors (Lipinski definition) is 2. The number of H-pyrrole nitrogens is 1. The van der Waals surface area contributed by atoms with Crippen LogP contribution in [-0.4, -0.2) is 28.2 Å². The summed E-state index contributed by atoms with van der Waals surface area (Å²) >= 11 is 0. The molecular weight excluding hydrogens is 278 g/mol. The predicted molar refractivity (Wildman–Crippen MR) is 82.3 cm³/mol. The van der Waals surface area contributed by atoms with Crippen molar-refractivity contribution < 1.29 is 9.59 Å². The van der Waals surface area contributed by atoms with E-state index in [9.17, 15) is 9.59 Å². The monoisotopic (exact) mass is 297 g/mol. The summed E-state index contributed by atoms with van der Waals surface area (Å²) in [5.41, 5.74) is 1.76. The lowest BCUT2D eigenvalue weighted by Gasteiger charge is -2.05. The van der Waals surface area contributed by atoms with Gasteiger partial charge >= 0.3 is 0 Å². The predicted octanol–water partition coefficient (Wildman–Crippen LogP) is 1.98. The highest BCUT2D eigenvalue weighted by Gasteiger charge is 2.48. The highest BCUT2D eigenvalue weighted by molar-refractivity contribution is 6.02. The zero-order valence-electron chi connectivity index (χ0n) is 12.3. The summed E-state index contributed by atoms with van der Waals surface area (Å²) in [6.45, 7) is 0.648. The quantitative estimate of drug-likeness (QED) is 0.606. The van der Waals surface area contributed by atoms with E-state index in [1.54, 1.807) is 0 Å². The summed E-state index contributed by atoms with van der Waals surface area (Å²) in [5.74, 6) is -0.380. The van der Waals surface area contributed by atoms with E-state index >= 15 is 0 Å². The number of aryl methyl sites for hydroxylation is 1. The molecule has 0 unspecified atom stereocenters. The van der Waals surface area contributed by atoms with Crippen molar-refractivity contribution in [2.75, 3.05) is 6.54 Å². The Morgan fingerprint density at radius 3 is 2.77 bits per heavy atom. The molecule has 1 aliphatic rings. The molecule has 1 saturated carbocycles. The van der Waals surface area contributed by atoms with Crippen LogP contribution in [0, 0.1) is 11.8 Å². The number of imidazole rings is 1. The first-order chi connectivity index (χ1) is 10.8. The van der Waals surface area contributed by atoms with Crippen LogP contribution in [0.1, 0.15) is 28.9 Å². The fraction of sp³-hybridized carbons (Fsp3) is 0.353. The largest absolute Gasteiger partial charge is 0.356 e. The fourth-order valence-electron chi connectivity index (χ4n) is 2.64. The van der Waals surface area contributed by atoms with Crippen molar-refractivity contribution in [3.63, 3.8) is 0 Å².